The number of aromatic nitrogens is 2. The van der Waals surface area contributed by atoms with Gasteiger partial charge in [0, 0.05) is 51.4 Å². The summed E-state index contributed by atoms with van der Waals surface area (Å²) in [5.74, 6) is 0.0985. The first-order chi connectivity index (χ1) is 15.7. The van der Waals surface area contributed by atoms with Crippen LogP contribution in [-0.4, -0.2) is 15.5 Å². The van der Waals surface area contributed by atoms with E-state index in [1.165, 1.54) is 10.9 Å². The maximum atomic E-state index is 13.6. The summed E-state index contributed by atoms with van der Waals surface area (Å²) < 4.78 is 2.25. The summed E-state index contributed by atoms with van der Waals surface area (Å²) in [6, 6.07) is 24.8. The first-order valence-electron chi connectivity index (χ1n) is 10.7. The Morgan fingerprint density at radius 3 is 2.31 bits per heavy atom. The van der Waals surface area contributed by atoms with Crippen LogP contribution in [0.1, 0.15) is 12.0 Å². The minimum atomic E-state index is 0.0985. The van der Waals surface area contributed by atoms with Gasteiger partial charge in [-0.25, -0.2) is 0 Å². The van der Waals surface area contributed by atoms with Crippen molar-refractivity contribution >= 4 is 50.8 Å². The van der Waals surface area contributed by atoms with E-state index in [0.717, 1.165) is 37.6 Å². The lowest BCUT2D eigenvalue weighted by Gasteiger charge is -2.31. The predicted molar refractivity (Wildman–Crippen MR) is 131 cm³/mol. The molecule has 0 spiro atoms. The molecule has 1 amide bonds. The van der Waals surface area contributed by atoms with Crippen LogP contribution in [0, 0.1) is 6.92 Å². The van der Waals surface area contributed by atoms with Crippen LogP contribution in [0.4, 0.5) is 11.4 Å². The molecule has 32 heavy (non-hydrogen) atoms. The lowest BCUT2D eigenvalue weighted by Crippen LogP contribution is -2.29. The van der Waals surface area contributed by atoms with Crippen molar-refractivity contribution in [1.29, 1.82) is 0 Å². The van der Waals surface area contributed by atoms with Crippen LogP contribution in [0.2, 0.25) is 0 Å². The molecule has 2 aromatic heterocycles. The number of carbonyl (C=O) groups excluding carboxylic acids is 1. The van der Waals surface area contributed by atoms with Crippen LogP contribution < -0.4 is 4.90 Å². The van der Waals surface area contributed by atoms with E-state index in [0.29, 0.717) is 13.0 Å². The van der Waals surface area contributed by atoms with Gasteiger partial charge < -0.3 is 4.57 Å². The van der Waals surface area contributed by atoms with Crippen LogP contribution in [0.25, 0.3) is 21.8 Å². The molecule has 0 atom stereocenters. The van der Waals surface area contributed by atoms with Crippen LogP contribution in [0.3, 0.4) is 0 Å². The molecule has 0 saturated heterocycles. The van der Waals surface area contributed by atoms with E-state index in [9.17, 15) is 4.79 Å². The van der Waals surface area contributed by atoms with Gasteiger partial charge in [-0.3, -0.25) is 14.7 Å². The zero-order chi connectivity index (χ0) is 21.7. The molecule has 0 bridgehead atoms. The maximum absolute atomic E-state index is 13.6. The third-order valence-electron chi connectivity index (χ3n) is 6.05. The number of fused-ring (bicyclic) bond motifs is 5. The SMILES string of the molecule is Cc1ccc2c(c1)c1cnccc1n2CCC(=O)N1c2ccccc2Sc2ccccc21. The van der Waals surface area contributed by atoms with Gasteiger partial charge in [0.1, 0.15) is 0 Å². The molecule has 0 radical (unpaired) electrons. The lowest BCUT2D eigenvalue weighted by atomic mass is 10.1. The van der Waals surface area contributed by atoms with Gasteiger partial charge in [0.15, 0.2) is 0 Å². The molecular weight excluding hydrogens is 414 g/mol. The number of amides is 1. The van der Waals surface area contributed by atoms with Gasteiger partial charge >= 0.3 is 0 Å². The van der Waals surface area contributed by atoms with E-state index in [2.05, 4.69) is 46.8 Å². The van der Waals surface area contributed by atoms with Gasteiger partial charge in [0.25, 0.3) is 0 Å². The predicted octanol–water partition coefficient (Wildman–Crippen LogP) is 6.72. The lowest BCUT2D eigenvalue weighted by molar-refractivity contribution is -0.118. The van der Waals surface area contributed by atoms with Crippen molar-refractivity contribution in [3.63, 3.8) is 0 Å². The van der Waals surface area contributed by atoms with E-state index in [-0.39, 0.29) is 5.91 Å². The van der Waals surface area contributed by atoms with Crippen LogP contribution in [-0.2, 0) is 11.3 Å². The number of hydrogen-bond donors (Lipinski definition) is 0. The van der Waals surface area contributed by atoms with Gasteiger partial charge in [-0.15, -0.1) is 0 Å². The highest BCUT2D eigenvalue weighted by atomic mass is 32.2. The zero-order valence-corrected chi connectivity index (χ0v) is 18.5. The summed E-state index contributed by atoms with van der Waals surface area (Å²) in [6.07, 6.45) is 4.15. The number of anilines is 2. The van der Waals surface area contributed by atoms with Crippen molar-refractivity contribution in [2.24, 2.45) is 0 Å². The monoisotopic (exact) mass is 435 g/mol. The number of carbonyl (C=O) groups is 1. The molecule has 1 aliphatic rings. The van der Waals surface area contributed by atoms with E-state index in [1.807, 2.05) is 59.8 Å². The molecule has 5 heteroatoms. The average Bonchev–Trinajstić information content (AvgIpc) is 3.13. The van der Waals surface area contributed by atoms with E-state index < -0.39 is 0 Å². The molecular formula is C27H21N3OS. The summed E-state index contributed by atoms with van der Waals surface area (Å²) in [6.45, 7) is 2.71. The number of nitrogens with zero attached hydrogens (tertiary/aromatic N) is 3. The molecule has 0 fully saturated rings. The van der Waals surface area contributed by atoms with Crippen molar-refractivity contribution in [1.82, 2.24) is 9.55 Å². The standard InChI is InChI=1S/C27H21N3OS/c1-18-10-11-21-19(16-18)20-17-28-14-12-22(20)29(21)15-13-27(31)30-23-6-2-4-8-25(23)32-26-9-5-3-7-24(26)30/h2-12,14,16-17H,13,15H2,1H3. The summed E-state index contributed by atoms with van der Waals surface area (Å²) in [7, 11) is 0. The van der Waals surface area contributed by atoms with Crippen molar-refractivity contribution < 1.29 is 4.79 Å². The van der Waals surface area contributed by atoms with Crippen molar-refractivity contribution in [2.45, 2.75) is 29.7 Å². The molecule has 1 aliphatic heterocycles. The smallest absolute Gasteiger partial charge is 0.233 e. The van der Waals surface area contributed by atoms with Gasteiger partial charge in [0.2, 0.25) is 5.91 Å². The fourth-order valence-corrected chi connectivity index (χ4v) is 5.65. The van der Waals surface area contributed by atoms with E-state index in [4.69, 9.17) is 0 Å². The largest absolute Gasteiger partial charge is 0.340 e. The third kappa shape index (κ3) is 3.00. The Hall–Kier alpha value is -3.57. The first kappa shape index (κ1) is 19.1. The van der Waals surface area contributed by atoms with Crippen molar-refractivity contribution in [2.75, 3.05) is 4.90 Å². The molecule has 5 aromatic rings. The molecule has 156 valence electrons. The fourth-order valence-electron chi connectivity index (χ4n) is 4.59. The highest BCUT2D eigenvalue weighted by Crippen LogP contribution is 2.48. The molecule has 4 nitrogen and oxygen atoms in total. The number of aryl methyl sites for hydroxylation is 2. The summed E-state index contributed by atoms with van der Waals surface area (Å²) >= 11 is 1.72. The van der Waals surface area contributed by atoms with Crippen LogP contribution in [0.5, 0.6) is 0 Å². The van der Waals surface area contributed by atoms with Crippen molar-refractivity contribution in [3.8, 4) is 0 Å². The van der Waals surface area contributed by atoms with Crippen LogP contribution in [0.15, 0.2) is 95.0 Å². The number of pyridine rings is 1. The Kier molecular flexibility index (Phi) is 4.51. The second-order valence-corrected chi connectivity index (χ2v) is 9.17. The minimum Gasteiger partial charge on any atom is -0.340 e. The number of rotatable bonds is 3. The summed E-state index contributed by atoms with van der Waals surface area (Å²) in [5.41, 5.74) is 5.40. The zero-order valence-electron chi connectivity index (χ0n) is 17.7. The average molecular weight is 436 g/mol. The number of para-hydroxylation sites is 2. The van der Waals surface area contributed by atoms with Gasteiger partial charge in [-0.1, -0.05) is 47.7 Å². The number of benzene rings is 3. The third-order valence-corrected chi connectivity index (χ3v) is 7.18. The fraction of sp³-hybridized carbons (Fsp3) is 0.111. The highest BCUT2D eigenvalue weighted by Gasteiger charge is 2.27. The molecule has 3 aromatic carbocycles. The molecule has 0 saturated carbocycles. The second kappa shape index (κ2) is 7.53. The Labute approximate surface area is 190 Å². The topological polar surface area (TPSA) is 38.1 Å². The molecule has 0 unspecified atom stereocenters. The van der Waals surface area contributed by atoms with Gasteiger partial charge in [-0.05, 0) is 49.4 Å². The normalized spacial score (nSPS) is 12.7. The first-order valence-corrected chi connectivity index (χ1v) is 11.5. The quantitative estimate of drug-likeness (QED) is 0.316. The number of hydrogen-bond acceptors (Lipinski definition) is 3. The summed E-state index contributed by atoms with van der Waals surface area (Å²) in [5, 5.41) is 2.31. The maximum Gasteiger partial charge on any atom is 0.233 e. The Morgan fingerprint density at radius 2 is 1.56 bits per heavy atom. The molecule has 0 aliphatic carbocycles. The van der Waals surface area contributed by atoms with Gasteiger partial charge in [-0.2, -0.15) is 0 Å². The summed E-state index contributed by atoms with van der Waals surface area (Å²) in [4.78, 5) is 22.1. The highest BCUT2D eigenvalue weighted by molar-refractivity contribution is 7.99. The Balaban J connectivity index is 1.39. The molecule has 6 rings (SSSR count). The van der Waals surface area contributed by atoms with Crippen molar-refractivity contribution in [3.05, 3.63) is 90.8 Å². The Morgan fingerprint density at radius 1 is 0.875 bits per heavy atom. The van der Waals surface area contributed by atoms with E-state index in [1.54, 1.807) is 11.8 Å². The minimum absolute atomic E-state index is 0.0985. The van der Waals surface area contributed by atoms with Gasteiger partial charge in [0.05, 0.1) is 16.9 Å². The molecule has 3 heterocycles. The molecule has 0 N–H and O–H groups in total. The Bertz CT molecular complexity index is 1460. The second-order valence-electron chi connectivity index (χ2n) is 8.08. The van der Waals surface area contributed by atoms with Crippen LogP contribution >= 0.6 is 11.8 Å². The van der Waals surface area contributed by atoms with E-state index >= 15 is 0 Å².